The zero-order valence-corrected chi connectivity index (χ0v) is 15.5. The second-order valence-corrected chi connectivity index (χ2v) is 6.91. The second-order valence-electron chi connectivity index (χ2n) is 6.91. The molecule has 1 unspecified atom stereocenters. The molecule has 2 aliphatic rings. The van der Waals surface area contributed by atoms with Gasteiger partial charge < -0.3 is 19.7 Å². The Kier molecular flexibility index (Phi) is 4.93. The van der Waals surface area contributed by atoms with Crippen LogP contribution in [0.3, 0.4) is 0 Å². The number of benzene rings is 1. The first-order valence-corrected chi connectivity index (χ1v) is 9.30. The van der Waals surface area contributed by atoms with Crippen LogP contribution in [0.2, 0.25) is 0 Å². The summed E-state index contributed by atoms with van der Waals surface area (Å²) in [5.74, 6) is 3.34. The van der Waals surface area contributed by atoms with Gasteiger partial charge in [0.2, 0.25) is 0 Å². The SMILES string of the molecule is COc1ccc(OC)c(C2CCN(c3ncnc4c3CCNCC4)C2)c1. The van der Waals surface area contributed by atoms with Crippen LogP contribution in [-0.2, 0) is 12.8 Å². The molecule has 2 aromatic rings. The van der Waals surface area contributed by atoms with Crippen LogP contribution in [-0.4, -0.2) is 50.4 Å². The lowest BCUT2D eigenvalue weighted by Crippen LogP contribution is -2.23. The highest BCUT2D eigenvalue weighted by molar-refractivity contribution is 5.52. The van der Waals surface area contributed by atoms with Gasteiger partial charge in [0.05, 0.1) is 19.9 Å². The Hall–Kier alpha value is -2.34. The number of ether oxygens (including phenoxy) is 2. The molecule has 0 bridgehead atoms. The molecule has 1 saturated heterocycles. The van der Waals surface area contributed by atoms with Gasteiger partial charge in [-0.3, -0.25) is 0 Å². The molecule has 6 nitrogen and oxygen atoms in total. The molecule has 0 spiro atoms. The molecule has 2 aliphatic heterocycles. The highest BCUT2D eigenvalue weighted by Crippen LogP contribution is 2.38. The summed E-state index contributed by atoms with van der Waals surface area (Å²) in [4.78, 5) is 11.6. The quantitative estimate of drug-likeness (QED) is 0.908. The first-order valence-electron chi connectivity index (χ1n) is 9.30. The van der Waals surface area contributed by atoms with Crippen molar-refractivity contribution in [1.29, 1.82) is 0 Å². The van der Waals surface area contributed by atoms with Gasteiger partial charge in [0.1, 0.15) is 23.6 Å². The smallest absolute Gasteiger partial charge is 0.135 e. The molecule has 0 amide bonds. The third-order valence-electron chi connectivity index (χ3n) is 5.47. The van der Waals surface area contributed by atoms with Gasteiger partial charge in [-0.05, 0) is 37.6 Å². The van der Waals surface area contributed by atoms with Crippen LogP contribution in [0, 0.1) is 0 Å². The van der Waals surface area contributed by atoms with Crippen molar-refractivity contribution in [2.45, 2.75) is 25.2 Å². The lowest BCUT2D eigenvalue weighted by molar-refractivity contribution is 0.396. The van der Waals surface area contributed by atoms with E-state index < -0.39 is 0 Å². The van der Waals surface area contributed by atoms with E-state index in [2.05, 4.69) is 26.3 Å². The number of hydrogen-bond acceptors (Lipinski definition) is 6. The maximum Gasteiger partial charge on any atom is 0.135 e. The molecule has 1 N–H and O–H groups in total. The molecular weight excluding hydrogens is 328 g/mol. The molecule has 3 heterocycles. The van der Waals surface area contributed by atoms with Crippen LogP contribution >= 0.6 is 0 Å². The molecule has 0 saturated carbocycles. The molecule has 6 heteroatoms. The number of rotatable bonds is 4. The Morgan fingerprint density at radius 2 is 2.00 bits per heavy atom. The minimum Gasteiger partial charge on any atom is -0.497 e. The monoisotopic (exact) mass is 354 g/mol. The summed E-state index contributed by atoms with van der Waals surface area (Å²) in [5.41, 5.74) is 3.73. The number of aromatic nitrogens is 2. The van der Waals surface area contributed by atoms with Crippen LogP contribution in [0.1, 0.15) is 29.2 Å². The molecule has 0 aliphatic carbocycles. The predicted octanol–water partition coefficient (Wildman–Crippen LogP) is 2.18. The summed E-state index contributed by atoms with van der Waals surface area (Å²) in [6.07, 6.45) is 4.78. The molecule has 1 atom stereocenters. The molecule has 26 heavy (non-hydrogen) atoms. The first kappa shape index (κ1) is 17.1. The summed E-state index contributed by atoms with van der Waals surface area (Å²) in [6, 6.07) is 6.06. The van der Waals surface area contributed by atoms with Crippen LogP contribution < -0.4 is 19.7 Å². The second kappa shape index (κ2) is 7.50. The van der Waals surface area contributed by atoms with Gasteiger partial charge >= 0.3 is 0 Å². The average molecular weight is 354 g/mol. The number of hydrogen-bond donors (Lipinski definition) is 1. The Morgan fingerprint density at radius 3 is 2.85 bits per heavy atom. The summed E-state index contributed by atoms with van der Waals surface area (Å²) in [7, 11) is 3.44. The number of nitrogens with one attached hydrogen (secondary N) is 1. The van der Waals surface area contributed by atoms with E-state index in [0.29, 0.717) is 5.92 Å². The topological polar surface area (TPSA) is 59.5 Å². The predicted molar refractivity (Wildman–Crippen MR) is 101 cm³/mol. The van der Waals surface area contributed by atoms with Crippen LogP contribution in [0.4, 0.5) is 5.82 Å². The Labute approximate surface area is 154 Å². The van der Waals surface area contributed by atoms with Crippen molar-refractivity contribution in [3.63, 3.8) is 0 Å². The van der Waals surface area contributed by atoms with E-state index in [4.69, 9.17) is 9.47 Å². The maximum atomic E-state index is 5.60. The minimum absolute atomic E-state index is 0.412. The van der Waals surface area contributed by atoms with E-state index in [9.17, 15) is 0 Å². The largest absolute Gasteiger partial charge is 0.497 e. The summed E-state index contributed by atoms with van der Waals surface area (Å²) >= 11 is 0. The number of nitrogens with zero attached hydrogens (tertiary/aromatic N) is 3. The molecular formula is C20H26N4O2. The fourth-order valence-electron chi connectivity index (χ4n) is 4.09. The van der Waals surface area contributed by atoms with Gasteiger partial charge in [-0.15, -0.1) is 0 Å². The molecule has 4 rings (SSSR count). The van der Waals surface area contributed by atoms with E-state index >= 15 is 0 Å². The fraction of sp³-hybridized carbons (Fsp3) is 0.500. The van der Waals surface area contributed by atoms with Crippen LogP contribution in [0.5, 0.6) is 11.5 Å². The molecule has 0 radical (unpaired) electrons. The van der Waals surface area contributed by atoms with E-state index in [1.807, 2.05) is 12.1 Å². The van der Waals surface area contributed by atoms with Crippen LogP contribution in [0.25, 0.3) is 0 Å². The first-order chi connectivity index (χ1) is 12.8. The van der Waals surface area contributed by atoms with Crippen molar-refractivity contribution in [1.82, 2.24) is 15.3 Å². The Balaban J connectivity index is 1.60. The third kappa shape index (κ3) is 3.21. The highest BCUT2D eigenvalue weighted by atomic mass is 16.5. The summed E-state index contributed by atoms with van der Waals surface area (Å²) in [6.45, 7) is 3.93. The van der Waals surface area contributed by atoms with E-state index in [1.165, 1.54) is 16.8 Å². The Morgan fingerprint density at radius 1 is 1.12 bits per heavy atom. The van der Waals surface area contributed by atoms with Crippen molar-refractivity contribution >= 4 is 5.82 Å². The van der Waals surface area contributed by atoms with Gasteiger partial charge in [0.25, 0.3) is 0 Å². The molecule has 1 aromatic heterocycles. The van der Waals surface area contributed by atoms with Gasteiger partial charge in [0.15, 0.2) is 0 Å². The zero-order chi connectivity index (χ0) is 17.9. The van der Waals surface area contributed by atoms with Crippen molar-refractivity contribution in [3.8, 4) is 11.5 Å². The molecule has 138 valence electrons. The molecule has 1 fully saturated rings. The lowest BCUT2D eigenvalue weighted by Gasteiger charge is -2.22. The Bertz CT molecular complexity index is 780. The van der Waals surface area contributed by atoms with Crippen molar-refractivity contribution in [2.24, 2.45) is 0 Å². The van der Waals surface area contributed by atoms with Gasteiger partial charge in [-0.2, -0.15) is 0 Å². The van der Waals surface area contributed by atoms with Gasteiger partial charge in [-0.25, -0.2) is 9.97 Å². The van der Waals surface area contributed by atoms with Crippen molar-refractivity contribution in [2.75, 3.05) is 45.3 Å². The minimum atomic E-state index is 0.412. The van der Waals surface area contributed by atoms with Crippen LogP contribution in [0.15, 0.2) is 24.5 Å². The van der Waals surface area contributed by atoms with E-state index in [0.717, 1.165) is 62.8 Å². The third-order valence-corrected chi connectivity index (χ3v) is 5.47. The van der Waals surface area contributed by atoms with E-state index in [1.54, 1.807) is 20.5 Å². The highest BCUT2D eigenvalue weighted by Gasteiger charge is 2.29. The zero-order valence-electron chi connectivity index (χ0n) is 15.5. The number of anilines is 1. The average Bonchev–Trinajstić information content (AvgIpc) is 3.05. The van der Waals surface area contributed by atoms with Gasteiger partial charge in [-0.1, -0.05) is 0 Å². The standard InChI is InChI=1S/C20H26N4O2/c1-25-15-3-4-19(26-2)17(11-15)14-7-10-24(12-14)20-16-5-8-21-9-6-18(16)22-13-23-20/h3-4,11,13-14,21H,5-10,12H2,1-2H3. The summed E-state index contributed by atoms with van der Waals surface area (Å²) in [5, 5.41) is 3.46. The van der Waals surface area contributed by atoms with Crippen molar-refractivity contribution in [3.05, 3.63) is 41.3 Å². The van der Waals surface area contributed by atoms with Crippen molar-refractivity contribution < 1.29 is 9.47 Å². The summed E-state index contributed by atoms with van der Waals surface area (Å²) < 4.78 is 11.0. The molecule has 1 aromatic carbocycles. The number of fused-ring (bicyclic) bond motifs is 1. The maximum absolute atomic E-state index is 5.60. The van der Waals surface area contributed by atoms with Gasteiger partial charge in [0, 0.05) is 43.1 Å². The fourth-order valence-corrected chi connectivity index (χ4v) is 4.09. The number of methoxy groups -OCH3 is 2. The lowest BCUT2D eigenvalue weighted by atomic mass is 9.97. The van der Waals surface area contributed by atoms with E-state index in [-0.39, 0.29) is 0 Å². The normalized spacial score (nSPS) is 19.8.